The number of hydrogen-bond acceptors (Lipinski definition) is 3. The fourth-order valence-electron chi connectivity index (χ4n) is 1.33. The van der Waals surface area contributed by atoms with E-state index < -0.39 is 6.75 Å². The van der Waals surface area contributed by atoms with Crippen LogP contribution in [0.5, 0.6) is 0 Å². The molecule has 0 spiro atoms. The molecule has 15 heavy (non-hydrogen) atoms. The van der Waals surface area contributed by atoms with Gasteiger partial charge in [-0.05, 0) is 0 Å². The van der Waals surface area contributed by atoms with Crippen molar-refractivity contribution in [3.8, 4) is 0 Å². The van der Waals surface area contributed by atoms with E-state index in [1.54, 1.807) is 0 Å². The van der Waals surface area contributed by atoms with Gasteiger partial charge in [-0.25, -0.2) is 0 Å². The third-order valence-corrected chi connectivity index (χ3v) is 2.20. The Hall–Kier alpha value is -0.0951. The molecule has 3 saturated heterocycles. The highest BCUT2D eigenvalue weighted by Crippen LogP contribution is 2.34. The van der Waals surface area contributed by atoms with Crippen molar-refractivity contribution in [3.05, 3.63) is 0 Å². The maximum atomic E-state index is 5.39. The fraction of sp³-hybridized carbons (Fsp3) is 1.00. The molecule has 0 aromatic rings. The quantitative estimate of drug-likeness (QED) is 0.447. The van der Waals surface area contributed by atoms with E-state index in [0.29, 0.717) is 0 Å². The Morgan fingerprint density at radius 3 is 1.40 bits per heavy atom. The number of rotatable bonds is 0. The summed E-state index contributed by atoms with van der Waals surface area (Å²) in [6, 6.07) is 0. The third kappa shape index (κ3) is 4.51. The summed E-state index contributed by atoms with van der Waals surface area (Å²) < 4.78 is 17.2. The summed E-state index contributed by atoms with van der Waals surface area (Å²) >= 11 is 0. The molecule has 2 bridgehead atoms. The van der Waals surface area contributed by atoms with Gasteiger partial charge < -0.3 is 18.4 Å². The molecule has 0 aliphatic carbocycles. The Morgan fingerprint density at radius 2 is 1.20 bits per heavy atom. The maximum absolute atomic E-state index is 5.39. The number of nitrogens with zero attached hydrogens (tertiary/aromatic N) is 1. The second-order valence-corrected chi connectivity index (χ2v) is 6.42. The van der Waals surface area contributed by atoms with Crippen LogP contribution in [0.15, 0.2) is 0 Å². The number of fused-ring (bicyclic) bond motifs is 3. The maximum Gasteiger partial charge on any atom is 0.376 e. The zero-order valence-corrected chi connectivity index (χ0v) is 10.9. The lowest BCUT2D eigenvalue weighted by molar-refractivity contribution is -0.849. The minimum Gasteiger partial charge on any atom is -0.544 e. The summed E-state index contributed by atoms with van der Waals surface area (Å²) in [6.45, 7) is 4.98. The lowest BCUT2D eigenvalue weighted by atomic mass is 9.74. The van der Waals surface area contributed by atoms with Crippen LogP contribution >= 0.6 is 0 Å². The van der Waals surface area contributed by atoms with Gasteiger partial charge in [-0.1, -0.05) is 6.92 Å². The van der Waals surface area contributed by atoms with Gasteiger partial charge in [0.2, 0.25) is 0 Å². The minimum absolute atomic E-state index is 0.111. The molecule has 0 atom stereocenters. The van der Waals surface area contributed by atoms with Crippen LogP contribution in [0, 0.1) is 5.41 Å². The van der Waals surface area contributed by atoms with E-state index in [2.05, 4.69) is 35.1 Å². The van der Waals surface area contributed by atoms with Gasteiger partial charge in [0.15, 0.2) is 0 Å². The molecular weight excluding hydrogens is 193 g/mol. The summed E-state index contributed by atoms with van der Waals surface area (Å²) in [5, 5.41) is 0. The van der Waals surface area contributed by atoms with Crippen LogP contribution in [0.25, 0.3) is 0 Å². The van der Waals surface area contributed by atoms with Crippen molar-refractivity contribution < 1.29 is 18.4 Å². The Bertz CT molecular complexity index is 179. The van der Waals surface area contributed by atoms with E-state index in [4.69, 9.17) is 14.0 Å². The summed E-state index contributed by atoms with van der Waals surface area (Å²) in [6.07, 6.45) is 0. The first kappa shape index (κ1) is 13.0. The molecule has 0 aromatic carbocycles. The monoisotopic (exact) mass is 217 g/mol. The van der Waals surface area contributed by atoms with Crippen LogP contribution in [-0.2, 0) is 14.0 Å². The SMILES string of the molecule is C[B-]12OCC(C)(CO1)CO2.C[N+](C)(C)C. The highest BCUT2D eigenvalue weighted by Gasteiger charge is 2.42. The molecule has 0 radical (unpaired) electrons. The molecule has 0 amide bonds. The molecule has 0 aromatic heterocycles. The van der Waals surface area contributed by atoms with Crippen molar-refractivity contribution >= 4 is 6.75 Å². The van der Waals surface area contributed by atoms with Gasteiger partial charge in [0, 0.05) is 25.2 Å². The summed E-state index contributed by atoms with van der Waals surface area (Å²) in [5.41, 5.74) is 0.111. The van der Waals surface area contributed by atoms with Crippen LogP contribution in [0.4, 0.5) is 0 Å². The molecule has 0 saturated carbocycles. The summed E-state index contributed by atoms with van der Waals surface area (Å²) in [4.78, 5) is 0. The molecule has 5 heteroatoms. The first-order valence-corrected chi connectivity index (χ1v) is 5.50. The van der Waals surface area contributed by atoms with Crippen molar-refractivity contribution in [2.45, 2.75) is 13.7 Å². The second-order valence-electron chi connectivity index (χ2n) is 6.42. The first-order valence-electron chi connectivity index (χ1n) is 5.50. The fourth-order valence-corrected chi connectivity index (χ4v) is 1.33. The highest BCUT2D eigenvalue weighted by molar-refractivity contribution is 6.59. The average Bonchev–Trinajstić information content (AvgIpc) is 2.05. The minimum atomic E-state index is -1.35. The van der Waals surface area contributed by atoms with Crippen LogP contribution in [0.3, 0.4) is 0 Å². The molecule has 3 aliphatic heterocycles. The van der Waals surface area contributed by atoms with Crippen molar-refractivity contribution in [3.63, 3.8) is 0 Å². The summed E-state index contributed by atoms with van der Waals surface area (Å²) in [5.74, 6) is 0. The van der Waals surface area contributed by atoms with Gasteiger partial charge in [-0.3, -0.25) is 0 Å². The normalized spacial score (nSPS) is 39.6. The van der Waals surface area contributed by atoms with Crippen molar-refractivity contribution in [1.82, 2.24) is 0 Å². The Labute approximate surface area is 93.1 Å². The third-order valence-electron chi connectivity index (χ3n) is 2.20. The van der Waals surface area contributed by atoms with Gasteiger partial charge >= 0.3 is 6.75 Å². The Kier molecular flexibility index (Phi) is 3.50. The standard InChI is InChI=1S/C6H12BO3.C4H12N/c1-6-3-8-7(2,9-4-6)10-5-6;1-5(2,3)4/h3-5H2,1-2H3;1-4H3/q-1;+1. The van der Waals surface area contributed by atoms with Gasteiger partial charge in [-0.2, -0.15) is 0 Å². The topological polar surface area (TPSA) is 27.7 Å². The van der Waals surface area contributed by atoms with Gasteiger partial charge in [0.05, 0.1) is 28.2 Å². The molecule has 3 aliphatic rings. The Morgan fingerprint density at radius 1 is 0.933 bits per heavy atom. The van der Waals surface area contributed by atoms with Gasteiger partial charge in [0.1, 0.15) is 0 Å². The largest absolute Gasteiger partial charge is 0.544 e. The molecule has 4 nitrogen and oxygen atoms in total. The zero-order valence-electron chi connectivity index (χ0n) is 10.9. The smallest absolute Gasteiger partial charge is 0.376 e. The van der Waals surface area contributed by atoms with Gasteiger partial charge in [-0.15, -0.1) is 6.82 Å². The lowest BCUT2D eigenvalue weighted by Gasteiger charge is -2.56. The van der Waals surface area contributed by atoms with Gasteiger partial charge in [0.25, 0.3) is 0 Å². The predicted molar refractivity (Wildman–Crippen MR) is 61.5 cm³/mol. The van der Waals surface area contributed by atoms with Crippen LogP contribution in [0.2, 0.25) is 6.82 Å². The van der Waals surface area contributed by atoms with Crippen LogP contribution < -0.4 is 0 Å². The van der Waals surface area contributed by atoms with E-state index in [1.165, 1.54) is 0 Å². The summed E-state index contributed by atoms with van der Waals surface area (Å²) in [7, 11) is 8.50. The van der Waals surface area contributed by atoms with Crippen LogP contribution in [0.1, 0.15) is 6.92 Å². The molecule has 0 N–H and O–H groups in total. The van der Waals surface area contributed by atoms with E-state index in [9.17, 15) is 0 Å². The van der Waals surface area contributed by atoms with E-state index in [0.717, 1.165) is 24.3 Å². The number of hydrogen-bond donors (Lipinski definition) is 0. The lowest BCUT2D eigenvalue weighted by Crippen LogP contribution is -2.61. The average molecular weight is 217 g/mol. The molecule has 90 valence electrons. The second kappa shape index (κ2) is 4.05. The molecular formula is C10H24BNO3. The highest BCUT2D eigenvalue weighted by atomic mass is 16.8. The first-order chi connectivity index (χ1) is 6.62. The Balaban J connectivity index is 0.000000195. The van der Waals surface area contributed by atoms with E-state index in [-0.39, 0.29) is 5.41 Å². The molecule has 0 unspecified atom stereocenters. The van der Waals surface area contributed by atoms with E-state index >= 15 is 0 Å². The van der Waals surface area contributed by atoms with Crippen molar-refractivity contribution in [2.24, 2.45) is 5.41 Å². The van der Waals surface area contributed by atoms with E-state index in [1.807, 2.05) is 6.82 Å². The van der Waals surface area contributed by atoms with Crippen molar-refractivity contribution in [2.75, 3.05) is 48.0 Å². The zero-order chi connectivity index (χ0) is 11.7. The number of quaternary nitrogens is 1. The molecule has 3 fully saturated rings. The molecule has 3 heterocycles. The predicted octanol–water partition coefficient (Wildman–Crippen LogP) is 0.961. The van der Waals surface area contributed by atoms with Crippen molar-refractivity contribution in [1.29, 1.82) is 0 Å². The molecule has 3 rings (SSSR count). The van der Waals surface area contributed by atoms with Crippen LogP contribution in [-0.4, -0.2) is 59.2 Å².